The van der Waals surface area contributed by atoms with Crippen LogP contribution < -0.4 is 10.2 Å². The van der Waals surface area contributed by atoms with E-state index in [1.54, 1.807) is 79.7 Å². The average Bonchev–Trinajstić information content (AvgIpc) is 3.67. The van der Waals surface area contributed by atoms with E-state index in [1.807, 2.05) is 117 Å². The van der Waals surface area contributed by atoms with Crippen molar-refractivity contribution < 1.29 is 67.3 Å². The third kappa shape index (κ3) is 11.4. The second kappa shape index (κ2) is 20.6. The van der Waals surface area contributed by atoms with E-state index in [0.29, 0.717) is 22.3 Å². The Balaban J connectivity index is 0.000000266. The van der Waals surface area contributed by atoms with E-state index in [4.69, 9.17) is 9.47 Å². The topological polar surface area (TPSA) is 179 Å². The molecule has 1 heterocycles. The van der Waals surface area contributed by atoms with Gasteiger partial charge in [-0.1, -0.05) is 209 Å². The Morgan fingerprint density at radius 2 is 0.667 bits per heavy atom. The summed E-state index contributed by atoms with van der Waals surface area (Å²) < 4.78 is 75.9. The van der Waals surface area contributed by atoms with Crippen LogP contribution in [-0.4, -0.2) is 38.1 Å². The van der Waals surface area contributed by atoms with Gasteiger partial charge in [0.05, 0.1) is 22.0 Å². The molecule has 0 N–H and O–H groups in total. The van der Waals surface area contributed by atoms with Crippen LogP contribution in [0.4, 0.5) is 0 Å². The fraction of sp³-hybridized carbons (Fsp3) is 0.160. The Morgan fingerprint density at radius 1 is 0.429 bits per heavy atom. The van der Waals surface area contributed by atoms with Gasteiger partial charge in [-0.05, 0) is 56.2 Å². The summed E-state index contributed by atoms with van der Waals surface area (Å²) in [6.07, 6.45) is -2.39. The second-order valence-electron chi connectivity index (χ2n) is 14.9. The van der Waals surface area contributed by atoms with Crippen LogP contribution in [0.15, 0.2) is 210 Å². The minimum atomic E-state index is -4.27. The van der Waals surface area contributed by atoms with Gasteiger partial charge in [-0.3, -0.25) is 0 Å². The molecule has 0 unspecified atom stereocenters. The van der Waals surface area contributed by atoms with Gasteiger partial charge in [-0.2, -0.15) is 0 Å². The summed E-state index contributed by atoms with van der Waals surface area (Å²) in [6.45, 7) is 5.44. The molecule has 0 bridgehead atoms. The molecular weight excluding hydrogens is 873 g/mol. The van der Waals surface area contributed by atoms with Crippen molar-refractivity contribution in [3.8, 4) is 0 Å². The van der Waals surface area contributed by atoms with Gasteiger partial charge in [0.15, 0.2) is 5.79 Å². The van der Waals surface area contributed by atoms with Gasteiger partial charge in [0.25, 0.3) is 0 Å². The van der Waals surface area contributed by atoms with E-state index in [1.165, 1.54) is 24.3 Å². The van der Waals surface area contributed by atoms with Crippen LogP contribution in [0.1, 0.15) is 45.9 Å². The molecule has 13 heteroatoms. The van der Waals surface area contributed by atoms with Gasteiger partial charge >= 0.3 is 21.7 Å². The van der Waals surface area contributed by atoms with E-state index >= 15 is 10.2 Å². The largest absolute Gasteiger partial charge is 4.00 e. The first kappa shape index (κ1) is 48.9. The molecule has 0 saturated carbocycles. The zero-order valence-electron chi connectivity index (χ0n) is 34.6. The number of hydrogen-bond acceptors (Lipinski definition) is 10. The Morgan fingerprint density at radius 3 is 0.905 bits per heavy atom. The van der Waals surface area contributed by atoms with Crippen molar-refractivity contribution in [2.45, 2.75) is 59.8 Å². The number of aryl methyl sites for hydroxylation is 2. The van der Waals surface area contributed by atoms with Crippen LogP contribution in [0, 0.1) is 13.8 Å². The Hall–Kier alpha value is -5.09. The number of benzene rings is 7. The van der Waals surface area contributed by atoms with Gasteiger partial charge in [0.1, 0.15) is 20.2 Å². The van der Waals surface area contributed by atoms with E-state index in [0.717, 1.165) is 16.7 Å². The summed E-state index contributed by atoms with van der Waals surface area (Å²) in [5.74, 6) is -1.34. The van der Waals surface area contributed by atoms with Crippen LogP contribution in [0.25, 0.3) is 0 Å². The fourth-order valence-corrected chi connectivity index (χ4v) is 8.19. The zero-order chi connectivity index (χ0) is 44.6. The smallest absolute Gasteiger partial charge is 0.841 e. The van der Waals surface area contributed by atoms with Gasteiger partial charge in [0, 0.05) is 5.56 Å². The maximum atomic E-state index is 15.6. The molecule has 8 rings (SSSR count). The van der Waals surface area contributed by atoms with E-state index in [-0.39, 0.29) is 31.5 Å². The standard InChI is InChI=1S/C36H30O4.2C7H8O3S.Ti/c1-34(27-17-7-2-8-18-27)39-32(35(37,28-19-9-3-10-20-28)29-21-11-4-12-22-29)33(40-34)36(38,30-23-13-5-14-24-30)31-25-15-6-16-26-31;2*1-6-2-4-7(5-3-6)11(8,9)10;/h2-26,32-33H,1H3;2*2-5H,1H3,(H,8,9,10);/q-2;;;+4/p-2/t32-,33-;;;/m1.../s1. The maximum absolute atomic E-state index is 15.6. The van der Waals surface area contributed by atoms with Gasteiger partial charge in [0.2, 0.25) is 0 Å². The van der Waals surface area contributed by atoms with Crippen LogP contribution in [0.3, 0.4) is 0 Å². The first-order valence-corrected chi connectivity index (χ1v) is 22.4. The molecule has 0 aliphatic carbocycles. The van der Waals surface area contributed by atoms with Crippen molar-refractivity contribution in [2.75, 3.05) is 0 Å². The van der Waals surface area contributed by atoms with Crippen LogP contribution >= 0.6 is 0 Å². The minimum absolute atomic E-state index is 0. The van der Waals surface area contributed by atoms with E-state index in [2.05, 4.69) is 0 Å². The summed E-state index contributed by atoms with van der Waals surface area (Å²) in [6, 6.07) is 57.7. The third-order valence-corrected chi connectivity index (χ3v) is 12.2. The molecule has 7 aromatic carbocycles. The van der Waals surface area contributed by atoms with Crippen molar-refractivity contribution in [3.63, 3.8) is 0 Å². The Bertz CT molecular complexity index is 2480. The van der Waals surface area contributed by atoms with Gasteiger partial charge < -0.3 is 28.8 Å². The molecule has 7 aromatic rings. The molecule has 0 amide bonds. The molecule has 0 aromatic heterocycles. The summed E-state index contributed by atoms with van der Waals surface area (Å²) >= 11 is 0. The number of ether oxygens (including phenoxy) is 2. The molecule has 2 atom stereocenters. The minimum Gasteiger partial charge on any atom is -0.841 e. The average molecular weight is 917 g/mol. The Kier molecular flexibility index (Phi) is 16.0. The zero-order valence-corrected chi connectivity index (χ0v) is 37.8. The molecule has 1 aliphatic heterocycles. The molecule has 320 valence electrons. The van der Waals surface area contributed by atoms with Crippen molar-refractivity contribution >= 4 is 20.2 Å². The van der Waals surface area contributed by atoms with Gasteiger partial charge in [-0.15, -0.1) is 0 Å². The van der Waals surface area contributed by atoms with Crippen molar-refractivity contribution in [2.24, 2.45) is 0 Å². The van der Waals surface area contributed by atoms with Gasteiger partial charge in [-0.25, -0.2) is 16.8 Å². The first-order valence-electron chi connectivity index (χ1n) is 19.6. The molecule has 1 saturated heterocycles. The summed E-state index contributed by atoms with van der Waals surface area (Å²) in [7, 11) is -8.54. The second-order valence-corrected chi connectivity index (χ2v) is 17.6. The molecule has 0 radical (unpaired) electrons. The molecular formula is C50H44O10S2Ti. The molecule has 1 fully saturated rings. The number of rotatable bonds is 9. The Labute approximate surface area is 384 Å². The molecule has 63 heavy (non-hydrogen) atoms. The predicted molar refractivity (Wildman–Crippen MR) is 229 cm³/mol. The molecule has 0 spiro atoms. The van der Waals surface area contributed by atoms with E-state index in [9.17, 15) is 25.9 Å². The van der Waals surface area contributed by atoms with Crippen LogP contribution in [-0.2, 0) is 68.4 Å². The predicted octanol–water partition coefficient (Wildman–Crippen LogP) is 7.05. The van der Waals surface area contributed by atoms with Crippen LogP contribution in [0.2, 0.25) is 0 Å². The summed E-state index contributed by atoms with van der Waals surface area (Å²) in [4.78, 5) is -0.355. The van der Waals surface area contributed by atoms with Crippen LogP contribution in [0.5, 0.6) is 0 Å². The third-order valence-electron chi connectivity index (χ3n) is 10.5. The fourth-order valence-electron chi connectivity index (χ4n) is 7.25. The first-order chi connectivity index (χ1) is 29.5. The summed E-state index contributed by atoms with van der Waals surface area (Å²) in [5.41, 5.74) is 0.671. The molecule has 1 aliphatic rings. The molecule has 10 nitrogen and oxygen atoms in total. The van der Waals surface area contributed by atoms with E-state index < -0.39 is 49.4 Å². The maximum Gasteiger partial charge on any atom is 4.00 e. The van der Waals surface area contributed by atoms with Crippen molar-refractivity contribution in [1.29, 1.82) is 0 Å². The van der Waals surface area contributed by atoms with Crippen molar-refractivity contribution in [3.05, 3.63) is 239 Å². The quantitative estimate of drug-likeness (QED) is 0.108. The van der Waals surface area contributed by atoms with Crippen molar-refractivity contribution in [1.82, 2.24) is 0 Å². The SMILES string of the molecule is CC1(c2ccccc2)O[C@@H](C([O-])(c2ccccc2)c2ccccc2)[C@H](C([O-])(c2ccccc2)c2ccccc2)O1.Cc1ccc(S(=O)(=O)[O-])cc1.Cc1ccc(S(=O)(=O)[O-])cc1.[Ti+4]. The summed E-state index contributed by atoms with van der Waals surface area (Å²) in [5, 5.41) is 31.2. The normalized spacial score (nSPS) is 16.0. The number of hydrogen-bond donors (Lipinski definition) is 0. The monoisotopic (exact) mass is 916 g/mol.